The van der Waals surface area contributed by atoms with Crippen LogP contribution in [0.5, 0.6) is 5.75 Å². The lowest BCUT2D eigenvalue weighted by atomic mass is 9.89. The number of para-hydroxylation sites is 1. The SMILES string of the molecule is CCN(CC)C1CCC(Nc2c(S(C)(=O)=O)cnc3ccc(-c4ccccc4O)cc23)CC1. The molecule has 6 nitrogen and oxygen atoms in total. The van der Waals surface area contributed by atoms with E-state index in [1.807, 2.05) is 30.3 Å². The van der Waals surface area contributed by atoms with Crippen LogP contribution in [0.25, 0.3) is 22.0 Å². The number of rotatable bonds is 7. The lowest BCUT2D eigenvalue weighted by Crippen LogP contribution is -2.40. The summed E-state index contributed by atoms with van der Waals surface area (Å²) in [7, 11) is -3.48. The van der Waals surface area contributed by atoms with Crippen LogP contribution in [0.15, 0.2) is 53.6 Å². The minimum atomic E-state index is -3.48. The number of anilines is 1. The molecule has 7 heteroatoms. The van der Waals surface area contributed by atoms with Gasteiger partial charge in [0, 0.05) is 35.5 Å². The predicted octanol–water partition coefficient (Wildman–Crippen LogP) is 5.08. The van der Waals surface area contributed by atoms with Gasteiger partial charge >= 0.3 is 0 Å². The Balaban J connectivity index is 1.72. The number of sulfone groups is 1. The number of hydrogen-bond acceptors (Lipinski definition) is 6. The van der Waals surface area contributed by atoms with Crippen molar-refractivity contribution in [2.24, 2.45) is 0 Å². The zero-order chi connectivity index (χ0) is 23.6. The van der Waals surface area contributed by atoms with Gasteiger partial charge in [0.15, 0.2) is 9.84 Å². The van der Waals surface area contributed by atoms with Crippen LogP contribution in [0.2, 0.25) is 0 Å². The van der Waals surface area contributed by atoms with E-state index < -0.39 is 9.84 Å². The third-order valence-electron chi connectivity index (χ3n) is 6.82. The molecule has 1 aliphatic rings. The third kappa shape index (κ3) is 4.99. The zero-order valence-electron chi connectivity index (χ0n) is 19.6. The quantitative estimate of drug-likeness (QED) is 0.504. The molecular weight excluding hydrogens is 434 g/mol. The first-order chi connectivity index (χ1) is 15.8. The zero-order valence-corrected chi connectivity index (χ0v) is 20.4. The van der Waals surface area contributed by atoms with E-state index in [0.29, 0.717) is 17.3 Å². The van der Waals surface area contributed by atoms with E-state index in [9.17, 15) is 13.5 Å². The van der Waals surface area contributed by atoms with Crippen molar-refractivity contribution in [2.45, 2.75) is 56.5 Å². The fourth-order valence-corrected chi connectivity index (χ4v) is 5.80. The number of aromatic nitrogens is 1. The molecule has 0 radical (unpaired) electrons. The van der Waals surface area contributed by atoms with Gasteiger partial charge in [-0.15, -0.1) is 0 Å². The number of phenolic OH excluding ortho intramolecular Hbond substituents is 1. The molecule has 1 saturated carbocycles. The first-order valence-corrected chi connectivity index (χ1v) is 13.6. The minimum absolute atomic E-state index is 0.188. The summed E-state index contributed by atoms with van der Waals surface area (Å²) < 4.78 is 25.3. The van der Waals surface area contributed by atoms with E-state index in [4.69, 9.17) is 0 Å². The van der Waals surface area contributed by atoms with Crippen molar-refractivity contribution in [3.05, 3.63) is 48.7 Å². The number of fused-ring (bicyclic) bond motifs is 1. The second kappa shape index (κ2) is 9.69. The molecular formula is C26H33N3O3S. The largest absolute Gasteiger partial charge is 0.507 e. The Morgan fingerprint density at radius 3 is 2.39 bits per heavy atom. The predicted molar refractivity (Wildman–Crippen MR) is 135 cm³/mol. The Bertz CT molecular complexity index is 1230. The van der Waals surface area contributed by atoms with Gasteiger partial charge in [-0.3, -0.25) is 4.98 Å². The van der Waals surface area contributed by atoms with Gasteiger partial charge in [-0.25, -0.2) is 8.42 Å². The molecule has 1 fully saturated rings. The molecule has 0 saturated heterocycles. The summed E-state index contributed by atoms with van der Waals surface area (Å²) in [6.45, 7) is 6.53. The summed E-state index contributed by atoms with van der Waals surface area (Å²) in [4.78, 5) is 7.16. The van der Waals surface area contributed by atoms with E-state index in [0.717, 1.165) is 55.2 Å². The first-order valence-electron chi connectivity index (χ1n) is 11.7. The molecule has 33 heavy (non-hydrogen) atoms. The fourth-order valence-electron chi connectivity index (χ4n) is 5.02. The number of nitrogens with zero attached hydrogens (tertiary/aromatic N) is 2. The van der Waals surface area contributed by atoms with Crippen LogP contribution < -0.4 is 5.32 Å². The number of aromatic hydroxyl groups is 1. The molecule has 0 aliphatic heterocycles. The molecule has 0 bridgehead atoms. The molecule has 2 N–H and O–H groups in total. The molecule has 176 valence electrons. The second-order valence-corrected chi connectivity index (χ2v) is 10.9. The first kappa shape index (κ1) is 23.5. The highest BCUT2D eigenvalue weighted by molar-refractivity contribution is 7.90. The molecule has 4 rings (SSSR count). The van der Waals surface area contributed by atoms with E-state index in [2.05, 4.69) is 29.0 Å². The van der Waals surface area contributed by atoms with Gasteiger partial charge in [-0.2, -0.15) is 0 Å². The van der Waals surface area contributed by atoms with Crippen LogP contribution in [-0.4, -0.2) is 54.8 Å². The maximum atomic E-state index is 12.6. The summed E-state index contributed by atoms with van der Waals surface area (Å²) in [6.07, 6.45) is 6.87. The molecule has 0 atom stereocenters. The average molecular weight is 468 g/mol. The Hall–Kier alpha value is -2.64. The summed E-state index contributed by atoms with van der Waals surface area (Å²) >= 11 is 0. The Morgan fingerprint density at radius 2 is 1.76 bits per heavy atom. The molecule has 1 aromatic heterocycles. The van der Waals surface area contributed by atoms with Crippen LogP contribution in [-0.2, 0) is 9.84 Å². The second-order valence-electron chi connectivity index (χ2n) is 8.89. The Kier molecular flexibility index (Phi) is 6.91. The summed E-state index contributed by atoms with van der Waals surface area (Å²) in [5, 5.41) is 14.7. The number of hydrogen-bond donors (Lipinski definition) is 2. The van der Waals surface area contributed by atoms with Crippen molar-refractivity contribution in [3.63, 3.8) is 0 Å². The molecule has 1 aliphatic carbocycles. The van der Waals surface area contributed by atoms with Crippen molar-refractivity contribution < 1.29 is 13.5 Å². The highest BCUT2D eigenvalue weighted by Crippen LogP contribution is 2.37. The lowest BCUT2D eigenvalue weighted by molar-refractivity contribution is 0.167. The summed E-state index contributed by atoms with van der Waals surface area (Å²) in [6, 6.07) is 13.7. The summed E-state index contributed by atoms with van der Waals surface area (Å²) in [5.41, 5.74) is 2.86. The van der Waals surface area contributed by atoms with E-state index in [1.165, 1.54) is 12.5 Å². The van der Waals surface area contributed by atoms with Gasteiger partial charge in [0.2, 0.25) is 0 Å². The number of nitrogens with one attached hydrogen (secondary N) is 1. The fraction of sp³-hybridized carbons (Fsp3) is 0.423. The molecule has 3 aromatic rings. The topological polar surface area (TPSA) is 82.5 Å². The van der Waals surface area contributed by atoms with Gasteiger partial charge in [0.05, 0.1) is 11.2 Å². The highest BCUT2D eigenvalue weighted by atomic mass is 32.2. The lowest BCUT2D eigenvalue weighted by Gasteiger charge is -2.36. The van der Waals surface area contributed by atoms with Crippen LogP contribution in [0, 0.1) is 0 Å². The number of benzene rings is 2. The van der Waals surface area contributed by atoms with Gasteiger partial charge in [0.1, 0.15) is 10.6 Å². The van der Waals surface area contributed by atoms with Crippen LogP contribution >= 0.6 is 0 Å². The minimum Gasteiger partial charge on any atom is -0.507 e. The smallest absolute Gasteiger partial charge is 0.179 e. The van der Waals surface area contributed by atoms with Crippen molar-refractivity contribution in [3.8, 4) is 16.9 Å². The van der Waals surface area contributed by atoms with Gasteiger partial charge in [-0.1, -0.05) is 38.1 Å². The Labute approximate surface area is 196 Å². The Morgan fingerprint density at radius 1 is 1.06 bits per heavy atom. The van der Waals surface area contributed by atoms with Crippen LogP contribution in [0.1, 0.15) is 39.5 Å². The molecule has 0 amide bonds. The number of pyridine rings is 1. The summed E-state index contributed by atoms with van der Waals surface area (Å²) in [5.74, 6) is 0.188. The monoisotopic (exact) mass is 467 g/mol. The molecule has 2 aromatic carbocycles. The maximum Gasteiger partial charge on any atom is 0.179 e. The van der Waals surface area contributed by atoms with Crippen LogP contribution in [0.4, 0.5) is 5.69 Å². The van der Waals surface area contributed by atoms with E-state index >= 15 is 0 Å². The van der Waals surface area contributed by atoms with E-state index in [1.54, 1.807) is 12.1 Å². The highest BCUT2D eigenvalue weighted by Gasteiger charge is 2.26. The van der Waals surface area contributed by atoms with Crippen molar-refractivity contribution >= 4 is 26.4 Å². The van der Waals surface area contributed by atoms with Crippen LogP contribution in [0.3, 0.4) is 0 Å². The van der Waals surface area contributed by atoms with Crippen molar-refractivity contribution in [2.75, 3.05) is 24.7 Å². The maximum absolute atomic E-state index is 12.6. The van der Waals surface area contributed by atoms with Crippen molar-refractivity contribution in [1.82, 2.24) is 9.88 Å². The van der Waals surface area contributed by atoms with Crippen molar-refractivity contribution in [1.29, 1.82) is 0 Å². The van der Waals surface area contributed by atoms with E-state index in [-0.39, 0.29) is 16.7 Å². The molecule has 0 spiro atoms. The standard InChI is InChI=1S/C26H33N3O3S/c1-4-29(5-2)20-13-11-19(12-14-20)28-26-22-16-18(21-8-6-7-9-24(21)30)10-15-23(22)27-17-25(26)33(3,31)32/h6-10,15-17,19-20,30H,4-5,11-14H2,1-3H3,(H,27,28). The van der Waals surface area contributed by atoms with Gasteiger partial charge in [0.25, 0.3) is 0 Å². The molecule has 0 unspecified atom stereocenters. The third-order valence-corrected chi connectivity index (χ3v) is 7.93. The molecule has 1 heterocycles. The van der Waals surface area contributed by atoms with Gasteiger partial charge in [-0.05, 0) is 62.5 Å². The average Bonchev–Trinajstić information content (AvgIpc) is 2.80. The van der Waals surface area contributed by atoms with Gasteiger partial charge < -0.3 is 15.3 Å². The number of phenols is 1. The normalized spacial score (nSPS) is 19.2.